The molecular formula is C24H27ClN2O4. The number of halogens is 1. The highest BCUT2D eigenvalue weighted by atomic mass is 35.5. The summed E-state index contributed by atoms with van der Waals surface area (Å²) in [5.41, 5.74) is 2.92. The van der Waals surface area contributed by atoms with Crippen LogP contribution >= 0.6 is 12.4 Å². The lowest BCUT2D eigenvalue weighted by molar-refractivity contribution is -0.135. The van der Waals surface area contributed by atoms with Gasteiger partial charge in [0.05, 0.1) is 0 Å². The van der Waals surface area contributed by atoms with Gasteiger partial charge < -0.3 is 14.1 Å². The number of ether oxygens (including phenoxy) is 1. The number of aryl methyl sites for hydroxylation is 1. The maximum atomic E-state index is 12.6. The number of hydrogen-bond acceptors (Lipinski definition) is 5. The summed E-state index contributed by atoms with van der Waals surface area (Å²) in [4.78, 5) is 28.7. The smallest absolute Gasteiger partial charge is 0.339 e. The number of piperazine rings is 1. The molecule has 2 aromatic carbocycles. The van der Waals surface area contributed by atoms with Crippen LogP contribution in [0.5, 0.6) is 5.75 Å². The van der Waals surface area contributed by atoms with Crippen LogP contribution < -0.4 is 10.4 Å². The Balaban J connectivity index is 0.00000272. The molecule has 0 spiro atoms. The van der Waals surface area contributed by atoms with Crippen LogP contribution in [0.4, 0.5) is 0 Å². The van der Waals surface area contributed by atoms with Crippen molar-refractivity contribution in [3.63, 3.8) is 0 Å². The minimum absolute atomic E-state index is 0. The fraction of sp³-hybridized carbons (Fsp3) is 0.333. The molecule has 0 bridgehead atoms. The van der Waals surface area contributed by atoms with E-state index < -0.39 is 0 Å². The molecule has 1 saturated heterocycles. The van der Waals surface area contributed by atoms with Crippen LogP contribution in [-0.4, -0.2) is 48.5 Å². The number of nitrogens with zero attached hydrogens (tertiary/aromatic N) is 2. The molecular weight excluding hydrogens is 416 g/mol. The predicted molar refractivity (Wildman–Crippen MR) is 123 cm³/mol. The Labute approximate surface area is 187 Å². The summed E-state index contributed by atoms with van der Waals surface area (Å²) in [6.07, 6.45) is 0. The van der Waals surface area contributed by atoms with Crippen molar-refractivity contribution in [2.45, 2.75) is 20.4 Å². The van der Waals surface area contributed by atoms with E-state index in [2.05, 4.69) is 17.0 Å². The average molecular weight is 443 g/mol. The van der Waals surface area contributed by atoms with Crippen LogP contribution in [0.15, 0.2) is 57.7 Å². The number of benzene rings is 2. The van der Waals surface area contributed by atoms with Gasteiger partial charge in [0.2, 0.25) is 0 Å². The zero-order valence-corrected chi connectivity index (χ0v) is 18.6. The summed E-state index contributed by atoms with van der Waals surface area (Å²) >= 11 is 0. The van der Waals surface area contributed by atoms with Gasteiger partial charge in [-0.15, -0.1) is 12.4 Å². The molecule has 1 amide bonds. The molecule has 4 rings (SSSR count). The Morgan fingerprint density at radius 3 is 2.42 bits per heavy atom. The maximum absolute atomic E-state index is 12.6. The highest BCUT2D eigenvalue weighted by molar-refractivity contribution is 5.85. The van der Waals surface area contributed by atoms with E-state index in [1.807, 2.05) is 36.1 Å². The quantitative estimate of drug-likeness (QED) is 0.565. The highest BCUT2D eigenvalue weighted by Crippen LogP contribution is 2.24. The molecule has 0 atom stereocenters. The van der Waals surface area contributed by atoms with E-state index in [0.29, 0.717) is 30.0 Å². The van der Waals surface area contributed by atoms with E-state index in [1.165, 1.54) is 5.56 Å². The van der Waals surface area contributed by atoms with Gasteiger partial charge in [0.25, 0.3) is 5.91 Å². The molecule has 1 aromatic heterocycles. The van der Waals surface area contributed by atoms with Crippen molar-refractivity contribution in [3.8, 4) is 5.75 Å². The number of hydrogen-bond donors (Lipinski definition) is 0. The van der Waals surface area contributed by atoms with E-state index in [-0.39, 0.29) is 30.5 Å². The van der Waals surface area contributed by atoms with Gasteiger partial charge in [-0.25, -0.2) is 4.79 Å². The van der Waals surface area contributed by atoms with Crippen LogP contribution in [0, 0.1) is 13.8 Å². The summed E-state index contributed by atoms with van der Waals surface area (Å²) < 4.78 is 11.1. The maximum Gasteiger partial charge on any atom is 0.339 e. The van der Waals surface area contributed by atoms with Gasteiger partial charge in [-0.2, -0.15) is 0 Å². The van der Waals surface area contributed by atoms with Crippen molar-refractivity contribution in [1.29, 1.82) is 0 Å². The van der Waals surface area contributed by atoms with Crippen LogP contribution in [0.3, 0.4) is 0 Å². The van der Waals surface area contributed by atoms with Crippen molar-refractivity contribution in [1.82, 2.24) is 9.80 Å². The normalized spacial score (nSPS) is 14.3. The summed E-state index contributed by atoms with van der Waals surface area (Å²) in [5.74, 6) is 0.487. The van der Waals surface area contributed by atoms with E-state index in [0.717, 1.165) is 30.6 Å². The van der Waals surface area contributed by atoms with Crippen molar-refractivity contribution in [2.24, 2.45) is 0 Å². The third kappa shape index (κ3) is 5.27. The molecule has 0 saturated carbocycles. The molecule has 2 heterocycles. The highest BCUT2D eigenvalue weighted by Gasteiger charge is 2.21. The third-order valence-corrected chi connectivity index (χ3v) is 5.76. The van der Waals surface area contributed by atoms with E-state index in [4.69, 9.17) is 9.15 Å². The van der Waals surface area contributed by atoms with Gasteiger partial charge >= 0.3 is 5.63 Å². The molecule has 1 aliphatic rings. The van der Waals surface area contributed by atoms with Gasteiger partial charge in [0, 0.05) is 49.7 Å². The Hall–Kier alpha value is -2.83. The second-order valence-corrected chi connectivity index (χ2v) is 7.73. The molecule has 0 radical (unpaired) electrons. The first kappa shape index (κ1) is 22.8. The molecule has 164 valence electrons. The van der Waals surface area contributed by atoms with E-state index in [1.54, 1.807) is 19.1 Å². The molecule has 3 aromatic rings. The number of carbonyl (C=O) groups is 1. The SMILES string of the molecule is Cc1c(C)c2ccc(OCC(=O)N3CCN(Cc4ccccc4)CC3)cc2oc1=O.Cl. The Morgan fingerprint density at radius 2 is 1.71 bits per heavy atom. The second kappa shape index (κ2) is 9.98. The molecule has 0 unspecified atom stereocenters. The average Bonchev–Trinajstić information content (AvgIpc) is 2.77. The summed E-state index contributed by atoms with van der Waals surface area (Å²) in [7, 11) is 0. The topological polar surface area (TPSA) is 63.0 Å². The Kier molecular flexibility index (Phi) is 7.36. The standard InChI is InChI=1S/C24H26N2O4.ClH/c1-17-18(2)24(28)30-22-14-20(8-9-21(17)22)29-16-23(27)26-12-10-25(11-13-26)15-19-6-4-3-5-7-19;/h3-9,14H,10-13,15-16H2,1-2H3;1H. The largest absolute Gasteiger partial charge is 0.484 e. The zero-order chi connectivity index (χ0) is 21.1. The first-order valence-electron chi connectivity index (χ1n) is 10.2. The molecule has 1 fully saturated rings. The molecule has 31 heavy (non-hydrogen) atoms. The van der Waals surface area contributed by atoms with Crippen molar-refractivity contribution < 1.29 is 13.9 Å². The lowest BCUT2D eigenvalue weighted by atomic mass is 10.1. The first-order valence-corrected chi connectivity index (χ1v) is 10.2. The third-order valence-electron chi connectivity index (χ3n) is 5.76. The van der Waals surface area contributed by atoms with Crippen molar-refractivity contribution in [2.75, 3.05) is 32.8 Å². The van der Waals surface area contributed by atoms with Gasteiger partial charge in [-0.05, 0) is 37.1 Å². The Bertz CT molecular complexity index is 1110. The van der Waals surface area contributed by atoms with Crippen LogP contribution in [0.25, 0.3) is 11.0 Å². The zero-order valence-electron chi connectivity index (χ0n) is 17.8. The fourth-order valence-electron chi connectivity index (χ4n) is 3.75. The molecule has 0 aliphatic carbocycles. The van der Waals surface area contributed by atoms with Crippen LogP contribution in [-0.2, 0) is 11.3 Å². The monoisotopic (exact) mass is 442 g/mol. The lowest BCUT2D eigenvalue weighted by Gasteiger charge is -2.34. The molecule has 7 heteroatoms. The van der Waals surface area contributed by atoms with E-state index in [9.17, 15) is 9.59 Å². The number of rotatable bonds is 5. The second-order valence-electron chi connectivity index (χ2n) is 7.73. The number of amides is 1. The summed E-state index contributed by atoms with van der Waals surface area (Å²) in [5, 5.41) is 0.875. The van der Waals surface area contributed by atoms with Gasteiger partial charge in [0.1, 0.15) is 11.3 Å². The van der Waals surface area contributed by atoms with Gasteiger partial charge in [-0.3, -0.25) is 9.69 Å². The van der Waals surface area contributed by atoms with Crippen molar-refractivity contribution >= 4 is 29.3 Å². The summed E-state index contributed by atoms with van der Waals surface area (Å²) in [6.45, 7) is 7.61. The van der Waals surface area contributed by atoms with Crippen LogP contribution in [0.1, 0.15) is 16.7 Å². The first-order chi connectivity index (χ1) is 14.5. The van der Waals surface area contributed by atoms with Crippen LogP contribution in [0.2, 0.25) is 0 Å². The summed E-state index contributed by atoms with van der Waals surface area (Å²) in [6, 6.07) is 15.7. The molecule has 1 aliphatic heterocycles. The minimum Gasteiger partial charge on any atom is -0.484 e. The number of fused-ring (bicyclic) bond motifs is 1. The molecule has 0 N–H and O–H groups in total. The predicted octanol–water partition coefficient (Wildman–Crippen LogP) is 3.55. The lowest BCUT2D eigenvalue weighted by Crippen LogP contribution is -2.49. The minimum atomic E-state index is -0.346. The van der Waals surface area contributed by atoms with Gasteiger partial charge in [-0.1, -0.05) is 30.3 Å². The fourth-order valence-corrected chi connectivity index (χ4v) is 3.75. The molecule has 6 nitrogen and oxygen atoms in total. The Morgan fingerprint density at radius 1 is 1.00 bits per heavy atom. The van der Waals surface area contributed by atoms with E-state index >= 15 is 0 Å². The van der Waals surface area contributed by atoms with Crippen molar-refractivity contribution in [3.05, 3.63) is 75.6 Å². The van der Waals surface area contributed by atoms with Gasteiger partial charge in [0.15, 0.2) is 6.61 Å². The number of carbonyl (C=O) groups excluding carboxylic acids is 1.